The van der Waals surface area contributed by atoms with Gasteiger partial charge in [-0.15, -0.1) is 0 Å². The van der Waals surface area contributed by atoms with Crippen LogP contribution >= 0.6 is 11.6 Å². The van der Waals surface area contributed by atoms with Crippen molar-refractivity contribution in [2.24, 2.45) is 0 Å². The number of rotatable bonds is 3. The molecule has 0 bridgehead atoms. The summed E-state index contributed by atoms with van der Waals surface area (Å²) in [7, 11) is 0. The maximum atomic E-state index is 12.7. The molecule has 0 aromatic carbocycles. The molecule has 1 amide bonds. The molecule has 0 unspecified atom stereocenters. The lowest BCUT2D eigenvalue weighted by atomic mass is 9.91. The molecule has 1 aliphatic heterocycles. The molecule has 0 radical (unpaired) electrons. The number of nitrogens with zero attached hydrogens (tertiary/aromatic N) is 4. The smallest absolute Gasteiger partial charge is 0.252 e. The van der Waals surface area contributed by atoms with Gasteiger partial charge in [0.15, 0.2) is 5.82 Å². The average molecular weight is 283 g/mol. The summed E-state index contributed by atoms with van der Waals surface area (Å²) in [5, 5.41) is 0.209. The Morgan fingerprint density at radius 1 is 1.32 bits per heavy atom. The first-order chi connectivity index (χ1) is 8.99. The normalized spacial score (nSPS) is 22.7. The summed E-state index contributed by atoms with van der Waals surface area (Å²) in [4.78, 5) is 24.8. The van der Waals surface area contributed by atoms with E-state index in [0.717, 1.165) is 17.9 Å². The summed E-state index contributed by atoms with van der Waals surface area (Å²) in [5.74, 6) is 0.839. The minimum atomic E-state index is -0.574. The van der Waals surface area contributed by atoms with E-state index in [-0.39, 0.29) is 11.2 Å². The van der Waals surface area contributed by atoms with E-state index in [1.165, 1.54) is 0 Å². The highest BCUT2D eigenvalue weighted by Gasteiger charge is 2.46. The SMILES string of the molecule is CCN1C(=O)[C@@](C)(CC)N(CC)c2nc(Cl)ncc21. The first-order valence-electron chi connectivity index (χ1n) is 6.61. The third-order valence-electron chi connectivity index (χ3n) is 3.89. The van der Waals surface area contributed by atoms with Crippen LogP contribution in [0.5, 0.6) is 0 Å². The number of hydrogen-bond donors (Lipinski definition) is 0. The van der Waals surface area contributed by atoms with E-state index in [4.69, 9.17) is 11.6 Å². The number of carbonyl (C=O) groups excluding carboxylic acids is 1. The second-order valence-corrected chi connectivity index (χ2v) is 5.11. The van der Waals surface area contributed by atoms with Crippen molar-refractivity contribution in [3.63, 3.8) is 0 Å². The van der Waals surface area contributed by atoms with E-state index in [9.17, 15) is 4.79 Å². The molecule has 2 rings (SSSR count). The molecule has 0 spiro atoms. The van der Waals surface area contributed by atoms with Crippen LogP contribution in [-0.4, -0.2) is 34.5 Å². The molecule has 0 aliphatic carbocycles. The Kier molecular flexibility index (Phi) is 3.67. The fourth-order valence-corrected chi connectivity index (χ4v) is 2.77. The van der Waals surface area contributed by atoms with Crippen molar-refractivity contribution in [1.82, 2.24) is 9.97 Å². The van der Waals surface area contributed by atoms with Gasteiger partial charge in [-0.1, -0.05) is 6.92 Å². The summed E-state index contributed by atoms with van der Waals surface area (Å²) in [6, 6.07) is 0. The van der Waals surface area contributed by atoms with E-state index < -0.39 is 5.54 Å². The summed E-state index contributed by atoms with van der Waals surface area (Å²) in [6.45, 7) is 9.25. The predicted octanol–water partition coefficient (Wildman–Crippen LogP) is 2.49. The zero-order valence-electron chi connectivity index (χ0n) is 11.8. The van der Waals surface area contributed by atoms with Gasteiger partial charge in [0.05, 0.1) is 6.20 Å². The van der Waals surface area contributed by atoms with Gasteiger partial charge >= 0.3 is 0 Å². The van der Waals surface area contributed by atoms with Crippen LogP contribution in [0.3, 0.4) is 0 Å². The first kappa shape index (κ1) is 14.1. The number of fused-ring (bicyclic) bond motifs is 1. The van der Waals surface area contributed by atoms with Gasteiger partial charge in [0.25, 0.3) is 5.91 Å². The molecular weight excluding hydrogens is 264 g/mol. The standard InChI is InChI=1S/C13H19ClN4O/c1-5-13(4)11(19)17(6-2)9-8-15-12(14)16-10(9)18(13)7-3/h8H,5-7H2,1-4H3/t13-/m1/s1. The maximum Gasteiger partial charge on any atom is 0.252 e. The molecule has 0 saturated heterocycles. The number of amides is 1. The molecule has 5 nitrogen and oxygen atoms in total. The highest BCUT2D eigenvalue weighted by Crippen LogP contribution is 2.40. The van der Waals surface area contributed by atoms with E-state index >= 15 is 0 Å². The Bertz CT molecular complexity index is 507. The Labute approximate surface area is 118 Å². The summed E-state index contributed by atoms with van der Waals surface area (Å²) in [5.41, 5.74) is 0.166. The number of likely N-dealkylation sites (N-methyl/N-ethyl adjacent to an activating group) is 2. The number of aromatic nitrogens is 2. The molecule has 104 valence electrons. The number of anilines is 2. The van der Waals surface area contributed by atoms with Gasteiger partial charge in [-0.2, -0.15) is 4.98 Å². The Morgan fingerprint density at radius 2 is 2.00 bits per heavy atom. The molecule has 2 heterocycles. The molecule has 0 N–H and O–H groups in total. The van der Waals surface area contributed by atoms with Crippen LogP contribution in [0.25, 0.3) is 0 Å². The monoisotopic (exact) mass is 282 g/mol. The van der Waals surface area contributed by atoms with Crippen LogP contribution in [0.2, 0.25) is 5.28 Å². The summed E-state index contributed by atoms with van der Waals surface area (Å²) >= 11 is 5.91. The van der Waals surface area contributed by atoms with Crippen molar-refractivity contribution in [2.45, 2.75) is 39.7 Å². The van der Waals surface area contributed by atoms with Gasteiger partial charge in [0, 0.05) is 13.1 Å². The van der Waals surface area contributed by atoms with Crippen molar-refractivity contribution in [1.29, 1.82) is 0 Å². The molecule has 0 saturated carbocycles. The third kappa shape index (κ3) is 1.96. The molecule has 1 aromatic rings. The van der Waals surface area contributed by atoms with Crippen LogP contribution in [0.1, 0.15) is 34.1 Å². The fraction of sp³-hybridized carbons (Fsp3) is 0.615. The molecule has 19 heavy (non-hydrogen) atoms. The van der Waals surface area contributed by atoms with Gasteiger partial charge < -0.3 is 9.80 Å². The molecule has 1 aliphatic rings. The number of hydrogen-bond acceptors (Lipinski definition) is 4. The van der Waals surface area contributed by atoms with E-state index in [2.05, 4.69) is 9.97 Å². The number of carbonyl (C=O) groups is 1. The van der Waals surface area contributed by atoms with Crippen LogP contribution < -0.4 is 9.80 Å². The topological polar surface area (TPSA) is 49.3 Å². The quantitative estimate of drug-likeness (QED) is 0.799. The Balaban J connectivity index is 2.67. The molecular formula is C13H19ClN4O. The minimum absolute atomic E-state index is 0.0952. The highest BCUT2D eigenvalue weighted by atomic mass is 35.5. The largest absolute Gasteiger partial charge is 0.341 e. The highest BCUT2D eigenvalue weighted by molar-refractivity contribution is 6.28. The fourth-order valence-electron chi connectivity index (χ4n) is 2.64. The minimum Gasteiger partial charge on any atom is -0.341 e. The zero-order chi connectivity index (χ0) is 14.2. The van der Waals surface area contributed by atoms with Gasteiger partial charge in [-0.25, -0.2) is 4.98 Å². The average Bonchev–Trinajstić information content (AvgIpc) is 2.41. The Hall–Kier alpha value is -1.36. The second kappa shape index (κ2) is 4.96. The van der Waals surface area contributed by atoms with E-state index in [0.29, 0.717) is 13.1 Å². The molecule has 1 atom stereocenters. The second-order valence-electron chi connectivity index (χ2n) is 4.77. The van der Waals surface area contributed by atoms with Crippen LogP contribution in [0, 0.1) is 0 Å². The van der Waals surface area contributed by atoms with Gasteiger partial charge in [0.1, 0.15) is 11.2 Å². The first-order valence-corrected chi connectivity index (χ1v) is 6.99. The summed E-state index contributed by atoms with van der Waals surface area (Å²) in [6.07, 6.45) is 2.35. The Morgan fingerprint density at radius 3 is 2.53 bits per heavy atom. The van der Waals surface area contributed by atoms with Crippen molar-refractivity contribution in [3.8, 4) is 0 Å². The predicted molar refractivity (Wildman–Crippen MR) is 76.8 cm³/mol. The van der Waals surface area contributed by atoms with Crippen LogP contribution in [0.15, 0.2) is 6.20 Å². The number of halogens is 1. The van der Waals surface area contributed by atoms with Crippen molar-refractivity contribution in [2.75, 3.05) is 22.9 Å². The van der Waals surface area contributed by atoms with Gasteiger partial charge in [-0.3, -0.25) is 4.79 Å². The molecule has 0 fully saturated rings. The van der Waals surface area contributed by atoms with Crippen LogP contribution in [-0.2, 0) is 4.79 Å². The molecule has 1 aromatic heterocycles. The van der Waals surface area contributed by atoms with Crippen LogP contribution in [0.4, 0.5) is 11.5 Å². The third-order valence-corrected chi connectivity index (χ3v) is 4.07. The lowest BCUT2D eigenvalue weighted by Crippen LogP contribution is -2.62. The van der Waals surface area contributed by atoms with Crippen molar-refractivity contribution in [3.05, 3.63) is 11.5 Å². The van der Waals surface area contributed by atoms with Crippen molar-refractivity contribution < 1.29 is 4.79 Å². The van der Waals surface area contributed by atoms with E-state index in [1.807, 2.05) is 32.6 Å². The summed E-state index contributed by atoms with van der Waals surface area (Å²) < 4.78 is 0. The van der Waals surface area contributed by atoms with Crippen molar-refractivity contribution >= 4 is 29.0 Å². The maximum absolute atomic E-state index is 12.7. The van der Waals surface area contributed by atoms with E-state index in [1.54, 1.807) is 11.1 Å². The van der Waals surface area contributed by atoms with Gasteiger partial charge in [0.2, 0.25) is 5.28 Å². The lowest BCUT2D eigenvalue weighted by molar-refractivity contribution is -0.123. The lowest BCUT2D eigenvalue weighted by Gasteiger charge is -2.47. The molecule has 6 heteroatoms. The zero-order valence-corrected chi connectivity index (χ0v) is 12.5. The van der Waals surface area contributed by atoms with Gasteiger partial charge in [-0.05, 0) is 38.8 Å².